The largest absolute Gasteiger partial charge is 0.394 e. The molecule has 0 bridgehead atoms. The van der Waals surface area contributed by atoms with E-state index in [4.69, 9.17) is 9.84 Å². The minimum Gasteiger partial charge on any atom is -0.394 e. The topological polar surface area (TPSA) is 32.7 Å². The summed E-state index contributed by atoms with van der Waals surface area (Å²) >= 11 is 0. The van der Waals surface area contributed by atoms with Crippen LogP contribution in [0.2, 0.25) is 0 Å². The SMILES string of the molecule is CN(CCOCCO)c1ccc(C(C)(C)C)cc1. The van der Waals surface area contributed by atoms with Crippen molar-refractivity contribution in [1.29, 1.82) is 0 Å². The normalized spacial score (nSPS) is 11.6. The van der Waals surface area contributed by atoms with Gasteiger partial charge in [0.1, 0.15) is 0 Å². The van der Waals surface area contributed by atoms with E-state index in [2.05, 4.69) is 57.0 Å². The predicted octanol–water partition coefficient (Wildman–Crippen LogP) is 2.43. The molecular weight excluding hydrogens is 226 g/mol. The maximum Gasteiger partial charge on any atom is 0.0698 e. The third-order valence-electron chi connectivity index (χ3n) is 2.98. The highest BCUT2D eigenvalue weighted by Crippen LogP contribution is 2.24. The Morgan fingerprint density at radius 2 is 1.72 bits per heavy atom. The molecule has 3 nitrogen and oxygen atoms in total. The van der Waals surface area contributed by atoms with E-state index < -0.39 is 0 Å². The molecule has 0 aliphatic heterocycles. The molecule has 102 valence electrons. The Kier molecular flexibility index (Phi) is 5.63. The van der Waals surface area contributed by atoms with E-state index in [-0.39, 0.29) is 12.0 Å². The number of hydrogen-bond donors (Lipinski definition) is 1. The molecule has 0 spiro atoms. The van der Waals surface area contributed by atoms with E-state index in [0.717, 1.165) is 6.54 Å². The lowest BCUT2D eigenvalue weighted by Crippen LogP contribution is -2.23. The van der Waals surface area contributed by atoms with Gasteiger partial charge in [-0.1, -0.05) is 32.9 Å². The van der Waals surface area contributed by atoms with Gasteiger partial charge in [-0.2, -0.15) is 0 Å². The summed E-state index contributed by atoms with van der Waals surface area (Å²) in [6.45, 7) is 8.62. The molecule has 18 heavy (non-hydrogen) atoms. The van der Waals surface area contributed by atoms with Gasteiger partial charge in [-0.3, -0.25) is 0 Å². The quantitative estimate of drug-likeness (QED) is 0.788. The average molecular weight is 251 g/mol. The van der Waals surface area contributed by atoms with Crippen molar-refractivity contribution in [3.05, 3.63) is 29.8 Å². The van der Waals surface area contributed by atoms with Gasteiger partial charge in [0.2, 0.25) is 0 Å². The van der Waals surface area contributed by atoms with Crippen molar-refractivity contribution in [2.24, 2.45) is 0 Å². The molecule has 1 aromatic rings. The molecule has 0 radical (unpaired) electrons. The molecule has 1 N–H and O–H groups in total. The van der Waals surface area contributed by atoms with Crippen LogP contribution in [0.5, 0.6) is 0 Å². The first kappa shape index (κ1) is 15.0. The fraction of sp³-hybridized carbons (Fsp3) is 0.600. The highest BCUT2D eigenvalue weighted by Gasteiger charge is 2.13. The fourth-order valence-corrected chi connectivity index (χ4v) is 1.71. The summed E-state index contributed by atoms with van der Waals surface area (Å²) in [4.78, 5) is 2.16. The number of aliphatic hydroxyl groups is 1. The molecule has 0 aliphatic carbocycles. The van der Waals surface area contributed by atoms with Crippen LogP contribution in [0.3, 0.4) is 0 Å². The molecule has 0 amide bonds. The van der Waals surface area contributed by atoms with E-state index in [1.54, 1.807) is 0 Å². The molecule has 0 aromatic heterocycles. The van der Waals surface area contributed by atoms with Crippen LogP contribution in [0, 0.1) is 0 Å². The smallest absolute Gasteiger partial charge is 0.0698 e. The van der Waals surface area contributed by atoms with E-state index >= 15 is 0 Å². The van der Waals surface area contributed by atoms with Crippen LogP contribution >= 0.6 is 0 Å². The highest BCUT2D eigenvalue weighted by molar-refractivity contribution is 5.47. The van der Waals surface area contributed by atoms with Crippen LogP contribution in [-0.2, 0) is 10.2 Å². The van der Waals surface area contributed by atoms with Crippen LogP contribution in [0.4, 0.5) is 5.69 Å². The molecular formula is C15H25NO2. The Labute approximate surface area is 110 Å². The van der Waals surface area contributed by atoms with Crippen LogP contribution in [0.1, 0.15) is 26.3 Å². The monoisotopic (exact) mass is 251 g/mol. The molecule has 0 aliphatic rings. The van der Waals surface area contributed by atoms with Crippen LogP contribution in [0.25, 0.3) is 0 Å². The third kappa shape index (κ3) is 4.67. The van der Waals surface area contributed by atoms with E-state index in [1.807, 2.05) is 0 Å². The maximum atomic E-state index is 8.62. The Balaban J connectivity index is 2.51. The molecule has 0 fully saturated rings. The second kappa shape index (κ2) is 6.76. The lowest BCUT2D eigenvalue weighted by molar-refractivity contribution is 0.0971. The summed E-state index contributed by atoms with van der Waals surface area (Å²) in [6, 6.07) is 8.65. The summed E-state index contributed by atoms with van der Waals surface area (Å²) < 4.78 is 5.26. The lowest BCUT2D eigenvalue weighted by Gasteiger charge is -2.22. The molecule has 1 rings (SSSR count). The van der Waals surface area contributed by atoms with Gasteiger partial charge in [0, 0.05) is 19.3 Å². The summed E-state index contributed by atoms with van der Waals surface area (Å²) in [6.07, 6.45) is 0. The first-order valence-electron chi connectivity index (χ1n) is 6.45. The fourth-order valence-electron chi connectivity index (χ4n) is 1.71. The Bertz CT molecular complexity index is 341. The summed E-state index contributed by atoms with van der Waals surface area (Å²) in [5.74, 6) is 0. The Hall–Kier alpha value is -1.06. The summed E-state index contributed by atoms with van der Waals surface area (Å²) in [7, 11) is 2.05. The molecule has 0 heterocycles. The number of benzene rings is 1. The Morgan fingerprint density at radius 1 is 1.11 bits per heavy atom. The van der Waals surface area contributed by atoms with Crippen molar-refractivity contribution >= 4 is 5.69 Å². The lowest BCUT2D eigenvalue weighted by atomic mass is 9.87. The van der Waals surface area contributed by atoms with Gasteiger partial charge in [-0.25, -0.2) is 0 Å². The third-order valence-corrected chi connectivity index (χ3v) is 2.98. The number of rotatable bonds is 6. The van der Waals surface area contributed by atoms with Gasteiger partial charge in [0.25, 0.3) is 0 Å². The van der Waals surface area contributed by atoms with Crippen molar-refractivity contribution in [3.63, 3.8) is 0 Å². The van der Waals surface area contributed by atoms with Crippen molar-refractivity contribution in [2.75, 3.05) is 38.3 Å². The molecule has 0 unspecified atom stereocenters. The standard InChI is InChI=1S/C15H25NO2/c1-15(2,3)13-5-7-14(8-6-13)16(4)9-11-18-12-10-17/h5-8,17H,9-12H2,1-4H3. The van der Waals surface area contributed by atoms with Gasteiger partial charge < -0.3 is 14.7 Å². The zero-order valence-corrected chi connectivity index (χ0v) is 11.9. The second-order valence-electron chi connectivity index (χ2n) is 5.55. The zero-order valence-electron chi connectivity index (χ0n) is 11.9. The van der Waals surface area contributed by atoms with Crippen molar-refractivity contribution < 1.29 is 9.84 Å². The number of aliphatic hydroxyl groups excluding tert-OH is 1. The molecule has 1 aromatic carbocycles. The van der Waals surface area contributed by atoms with E-state index in [0.29, 0.717) is 13.2 Å². The first-order valence-corrected chi connectivity index (χ1v) is 6.45. The van der Waals surface area contributed by atoms with E-state index in [1.165, 1.54) is 11.3 Å². The van der Waals surface area contributed by atoms with Crippen LogP contribution < -0.4 is 4.90 Å². The van der Waals surface area contributed by atoms with Gasteiger partial charge in [0.15, 0.2) is 0 Å². The number of ether oxygens (including phenoxy) is 1. The van der Waals surface area contributed by atoms with Gasteiger partial charge in [-0.05, 0) is 23.1 Å². The van der Waals surface area contributed by atoms with Crippen molar-refractivity contribution in [2.45, 2.75) is 26.2 Å². The summed E-state index contributed by atoms with van der Waals surface area (Å²) in [5.41, 5.74) is 2.73. The molecule has 3 heteroatoms. The predicted molar refractivity (Wildman–Crippen MR) is 76.3 cm³/mol. The number of nitrogens with zero attached hydrogens (tertiary/aromatic N) is 1. The zero-order chi connectivity index (χ0) is 13.6. The first-order chi connectivity index (χ1) is 8.45. The van der Waals surface area contributed by atoms with Crippen LogP contribution in [0.15, 0.2) is 24.3 Å². The van der Waals surface area contributed by atoms with Crippen LogP contribution in [-0.4, -0.2) is 38.5 Å². The van der Waals surface area contributed by atoms with Gasteiger partial charge >= 0.3 is 0 Å². The van der Waals surface area contributed by atoms with E-state index in [9.17, 15) is 0 Å². The minimum atomic E-state index is 0.0873. The van der Waals surface area contributed by atoms with Crippen molar-refractivity contribution in [1.82, 2.24) is 0 Å². The number of likely N-dealkylation sites (N-methyl/N-ethyl adjacent to an activating group) is 1. The number of anilines is 1. The minimum absolute atomic E-state index is 0.0873. The van der Waals surface area contributed by atoms with Crippen molar-refractivity contribution in [3.8, 4) is 0 Å². The maximum absolute atomic E-state index is 8.62. The van der Waals surface area contributed by atoms with Gasteiger partial charge in [-0.15, -0.1) is 0 Å². The average Bonchev–Trinajstić information content (AvgIpc) is 2.33. The second-order valence-corrected chi connectivity index (χ2v) is 5.55. The van der Waals surface area contributed by atoms with Gasteiger partial charge in [0.05, 0.1) is 19.8 Å². The molecule has 0 saturated heterocycles. The number of hydrogen-bond acceptors (Lipinski definition) is 3. The molecule has 0 atom stereocenters. The summed E-state index contributed by atoms with van der Waals surface area (Å²) in [5, 5.41) is 8.62. The highest BCUT2D eigenvalue weighted by atomic mass is 16.5. The molecule has 0 saturated carbocycles. The Morgan fingerprint density at radius 3 is 2.22 bits per heavy atom.